The van der Waals surface area contributed by atoms with E-state index in [1.807, 2.05) is 6.92 Å². The van der Waals surface area contributed by atoms with E-state index in [9.17, 15) is 9.59 Å². The lowest BCUT2D eigenvalue weighted by Gasteiger charge is -2.05. The molecule has 0 spiro atoms. The molecule has 0 fully saturated rings. The molecule has 0 saturated carbocycles. The molecule has 1 rings (SSSR count). The van der Waals surface area contributed by atoms with E-state index in [4.69, 9.17) is 4.74 Å². The van der Waals surface area contributed by atoms with Crippen LogP contribution in [0.25, 0.3) is 0 Å². The van der Waals surface area contributed by atoms with Gasteiger partial charge in [-0.05, 0) is 34.5 Å². The topological polar surface area (TPSA) is 67.4 Å². The summed E-state index contributed by atoms with van der Waals surface area (Å²) in [6.07, 6.45) is 0. The third-order valence-corrected chi connectivity index (χ3v) is 4.25. The van der Waals surface area contributed by atoms with Crippen LogP contribution < -0.4 is 10.6 Å². The molecular weight excluding hydrogens is 320 g/mol. The number of nitrogens with one attached hydrogen (secondary N) is 2. The highest BCUT2D eigenvalue weighted by molar-refractivity contribution is 9.11. The molecule has 0 bridgehead atoms. The summed E-state index contributed by atoms with van der Waals surface area (Å²) in [5.74, 6) is -0.469. The third-order valence-electron chi connectivity index (χ3n) is 2.12. The van der Waals surface area contributed by atoms with E-state index in [1.165, 1.54) is 11.3 Å². The molecule has 0 aromatic carbocycles. The highest BCUT2D eigenvalue weighted by Crippen LogP contribution is 2.26. The minimum absolute atomic E-state index is 0.0306. The first-order valence-electron chi connectivity index (χ1n) is 5.34. The second kappa shape index (κ2) is 7.50. The Morgan fingerprint density at radius 3 is 2.72 bits per heavy atom. The van der Waals surface area contributed by atoms with Crippen molar-refractivity contribution in [3.63, 3.8) is 0 Å². The van der Waals surface area contributed by atoms with E-state index >= 15 is 0 Å². The van der Waals surface area contributed by atoms with Crippen LogP contribution in [0.4, 0.5) is 0 Å². The fraction of sp³-hybridized carbons (Fsp3) is 0.455. The summed E-state index contributed by atoms with van der Waals surface area (Å²) >= 11 is 4.70. The Morgan fingerprint density at radius 2 is 2.17 bits per heavy atom. The van der Waals surface area contributed by atoms with Crippen molar-refractivity contribution >= 4 is 39.1 Å². The van der Waals surface area contributed by atoms with E-state index in [2.05, 4.69) is 26.6 Å². The van der Waals surface area contributed by atoms with Gasteiger partial charge in [-0.1, -0.05) is 0 Å². The van der Waals surface area contributed by atoms with Gasteiger partial charge >= 0.3 is 0 Å². The average Bonchev–Trinajstić information content (AvgIpc) is 2.67. The van der Waals surface area contributed by atoms with Crippen molar-refractivity contribution in [1.29, 1.82) is 0 Å². The summed E-state index contributed by atoms with van der Waals surface area (Å²) in [4.78, 5) is 23.6. The van der Waals surface area contributed by atoms with Crippen molar-refractivity contribution in [1.82, 2.24) is 10.6 Å². The molecule has 0 aliphatic heterocycles. The zero-order chi connectivity index (χ0) is 13.5. The van der Waals surface area contributed by atoms with Gasteiger partial charge in [-0.15, -0.1) is 11.3 Å². The molecule has 1 aromatic heterocycles. The number of hydrogen-bond donors (Lipinski definition) is 2. The molecule has 0 unspecified atom stereocenters. The minimum atomic E-state index is -0.240. The Bertz CT molecular complexity index is 414. The van der Waals surface area contributed by atoms with Crippen molar-refractivity contribution in [3.8, 4) is 0 Å². The van der Waals surface area contributed by atoms with Crippen molar-refractivity contribution in [2.75, 3.05) is 26.8 Å². The van der Waals surface area contributed by atoms with Gasteiger partial charge in [-0.2, -0.15) is 0 Å². The van der Waals surface area contributed by atoms with E-state index < -0.39 is 0 Å². The van der Waals surface area contributed by atoms with Crippen LogP contribution in [0, 0.1) is 6.92 Å². The van der Waals surface area contributed by atoms with Crippen molar-refractivity contribution in [3.05, 3.63) is 20.3 Å². The van der Waals surface area contributed by atoms with E-state index in [0.29, 0.717) is 18.0 Å². The van der Waals surface area contributed by atoms with Crippen LogP contribution in [0.5, 0.6) is 0 Å². The molecule has 0 saturated heterocycles. The number of ether oxygens (including phenoxy) is 1. The van der Waals surface area contributed by atoms with Crippen LogP contribution >= 0.6 is 27.3 Å². The zero-order valence-corrected chi connectivity index (χ0v) is 12.6. The lowest BCUT2D eigenvalue weighted by Crippen LogP contribution is -2.37. The Morgan fingerprint density at radius 1 is 1.44 bits per heavy atom. The fourth-order valence-corrected chi connectivity index (χ4v) is 2.63. The first-order valence-corrected chi connectivity index (χ1v) is 6.95. The fourth-order valence-electron chi connectivity index (χ4n) is 1.17. The summed E-state index contributed by atoms with van der Waals surface area (Å²) in [6.45, 7) is 2.78. The Hall–Kier alpha value is -0.920. The van der Waals surface area contributed by atoms with E-state index in [1.54, 1.807) is 13.2 Å². The van der Waals surface area contributed by atoms with Gasteiger partial charge in [0.05, 0.1) is 21.8 Å². The van der Waals surface area contributed by atoms with Crippen LogP contribution in [0.15, 0.2) is 9.85 Å². The van der Waals surface area contributed by atoms with Crippen LogP contribution in [0.1, 0.15) is 15.2 Å². The number of thiophene rings is 1. The molecule has 18 heavy (non-hydrogen) atoms. The quantitative estimate of drug-likeness (QED) is 0.771. The van der Waals surface area contributed by atoms with Crippen LogP contribution in [-0.2, 0) is 9.53 Å². The maximum Gasteiger partial charge on any atom is 0.261 e. The smallest absolute Gasteiger partial charge is 0.261 e. The van der Waals surface area contributed by atoms with Gasteiger partial charge in [0.2, 0.25) is 5.91 Å². The minimum Gasteiger partial charge on any atom is -0.383 e. The number of rotatable bonds is 6. The summed E-state index contributed by atoms with van der Waals surface area (Å²) in [5, 5.41) is 5.19. The van der Waals surface area contributed by atoms with Crippen molar-refractivity contribution in [2.24, 2.45) is 0 Å². The maximum atomic E-state index is 11.7. The highest BCUT2D eigenvalue weighted by atomic mass is 79.9. The van der Waals surface area contributed by atoms with Gasteiger partial charge in [0, 0.05) is 13.7 Å². The molecule has 7 heteroatoms. The highest BCUT2D eigenvalue weighted by Gasteiger charge is 2.12. The van der Waals surface area contributed by atoms with Crippen molar-refractivity contribution in [2.45, 2.75) is 6.92 Å². The van der Waals surface area contributed by atoms with Crippen LogP contribution in [-0.4, -0.2) is 38.6 Å². The number of halogens is 1. The number of hydrogen-bond acceptors (Lipinski definition) is 4. The Labute approximate surface area is 118 Å². The van der Waals surface area contributed by atoms with Crippen LogP contribution in [0.3, 0.4) is 0 Å². The first kappa shape index (κ1) is 15.1. The molecular formula is C11H15BrN2O3S. The summed E-state index contributed by atoms with van der Waals surface area (Å²) in [7, 11) is 1.56. The van der Waals surface area contributed by atoms with E-state index in [0.717, 1.165) is 9.35 Å². The number of carbonyl (C=O) groups is 2. The summed E-state index contributed by atoms with van der Waals surface area (Å²) in [5.41, 5.74) is 1.01. The predicted molar refractivity (Wildman–Crippen MR) is 74.0 cm³/mol. The number of carbonyl (C=O) groups excluding carboxylic acids is 2. The number of aryl methyl sites for hydroxylation is 1. The lowest BCUT2D eigenvalue weighted by atomic mass is 10.3. The number of amides is 2. The molecule has 5 nitrogen and oxygen atoms in total. The molecule has 1 aromatic rings. The van der Waals surface area contributed by atoms with Crippen LogP contribution in [0.2, 0.25) is 0 Å². The largest absolute Gasteiger partial charge is 0.383 e. The molecule has 100 valence electrons. The second-order valence-electron chi connectivity index (χ2n) is 3.59. The van der Waals surface area contributed by atoms with Crippen molar-refractivity contribution < 1.29 is 14.3 Å². The van der Waals surface area contributed by atoms with Gasteiger partial charge in [0.15, 0.2) is 0 Å². The second-order valence-corrected chi connectivity index (χ2v) is 5.96. The Balaban J connectivity index is 2.35. The molecule has 0 radical (unpaired) electrons. The third kappa shape index (κ3) is 4.75. The van der Waals surface area contributed by atoms with Gasteiger partial charge in [-0.3, -0.25) is 9.59 Å². The first-order chi connectivity index (χ1) is 8.54. The Kier molecular flexibility index (Phi) is 6.31. The van der Waals surface area contributed by atoms with Gasteiger partial charge in [-0.25, -0.2) is 0 Å². The average molecular weight is 335 g/mol. The SMILES string of the molecule is COCCNC(=O)CNC(=O)c1cc(C)c(Br)s1. The molecule has 0 aliphatic rings. The molecule has 2 amide bonds. The predicted octanol–water partition coefficient (Wildman–Crippen LogP) is 1.31. The molecule has 2 N–H and O–H groups in total. The van der Waals surface area contributed by atoms with Gasteiger partial charge in [0.1, 0.15) is 0 Å². The summed E-state index contributed by atoms with van der Waals surface area (Å²) < 4.78 is 5.73. The van der Waals surface area contributed by atoms with Gasteiger partial charge < -0.3 is 15.4 Å². The molecule has 1 heterocycles. The maximum absolute atomic E-state index is 11.7. The summed E-state index contributed by atoms with van der Waals surface area (Å²) in [6, 6.07) is 1.78. The van der Waals surface area contributed by atoms with Gasteiger partial charge in [0.25, 0.3) is 5.91 Å². The standard InChI is InChI=1S/C11H15BrN2O3S/c1-7-5-8(18-10(7)12)11(16)14-6-9(15)13-3-4-17-2/h5H,3-4,6H2,1-2H3,(H,13,15)(H,14,16). The molecule has 0 aliphatic carbocycles. The van der Waals surface area contributed by atoms with E-state index in [-0.39, 0.29) is 18.4 Å². The normalized spacial score (nSPS) is 10.2. The monoisotopic (exact) mass is 334 g/mol. The lowest BCUT2D eigenvalue weighted by molar-refractivity contribution is -0.120. The molecule has 0 atom stereocenters. The number of methoxy groups -OCH3 is 1. The zero-order valence-electron chi connectivity index (χ0n) is 10.2.